The predicted molar refractivity (Wildman–Crippen MR) is 57.2 cm³/mol. The molecule has 0 bridgehead atoms. The Balaban J connectivity index is 3.61. The van der Waals surface area contributed by atoms with E-state index in [4.69, 9.17) is 11.6 Å². The highest BCUT2D eigenvalue weighted by Crippen LogP contribution is 1.97. The third kappa shape index (κ3) is 7.15. The van der Waals surface area contributed by atoms with E-state index in [1.807, 2.05) is 0 Å². The Morgan fingerprint density at radius 1 is 1.50 bits per heavy atom. The molecule has 14 heavy (non-hydrogen) atoms. The number of rotatable bonds is 6. The fourth-order valence-corrected chi connectivity index (χ4v) is 1.60. The Morgan fingerprint density at radius 2 is 2.07 bits per heavy atom. The van der Waals surface area contributed by atoms with Crippen LogP contribution in [0.3, 0.4) is 0 Å². The van der Waals surface area contributed by atoms with Gasteiger partial charge in [0.2, 0.25) is 5.91 Å². The zero-order valence-corrected chi connectivity index (χ0v) is 9.99. The molecular weight excluding hydrogens is 226 g/mol. The molecule has 0 rings (SSSR count). The van der Waals surface area contributed by atoms with Crippen molar-refractivity contribution in [2.24, 2.45) is 5.92 Å². The molecule has 0 heterocycles. The van der Waals surface area contributed by atoms with Crippen LogP contribution >= 0.6 is 11.6 Å². The number of hydrogen-bond acceptors (Lipinski definition) is 3. The topological polar surface area (TPSA) is 63.2 Å². The van der Waals surface area contributed by atoms with Crippen molar-refractivity contribution in [1.82, 2.24) is 5.32 Å². The maximum Gasteiger partial charge on any atom is 0.224 e. The summed E-state index contributed by atoms with van der Waals surface area (Å²) in [5.74, 6) is 0.0175. The van der Waals surface area contributed by atoms with Gasteiger partial charge in [-0.3, -0.25) is 4.79 Å². The van der Waals surface area contributed by atoms with Crippen molar-refractivity contribution in [3.8, 4) is 0 Å². The molecule has 0 spiro atoms. The first kappa shape index (κ1) is 13.7. The number of sulfone groups is 1. The summed E-state index contributed by atoms with van der Waals surface area (Å²) in [5, 5.41) is 2.62. The van der Waals surface area contributed by atoms with E-state index < -0.39 is 9.84 Å². The number of nitrogens with one attached hydrogen (secondary N) is 1. The molecule has 0 saturated heterocycles. The second-order valence-corrected chi connectivity index (χ2v) is 5.90. The molecule has 0 aliphatic carbocycles. The van der Waals surface area contributed by atoms with Gasteiger partial charge in [0.1, 0.15) is 9.84 Å². The molecule has 1 amide bonds. The summed E-state index contributed by atoms with van der Waals surface area (Å²) < 4.78 is 21.5. The summed E-state index contributed by atoms with van der Waals surface area (Å²) in [7, 11) is -2.93. The largest absolute Gasteiger partial charge is 0.356 e. The van der Waals surface area contributed by atoms with Crippen LogP contribution in [0, 0.1) is 5.92 Å². The SMILES string of the molecule is CC(CCl)C(=O)NCCCS(C)(=O)=O. The Labute approximate surface area is 89.9 Å². The summed E-state index contributed by atoms with van der Waals surface area (Å²) >= 11 is 5.48. The molecule has 0 radical (unpaired) electrons. The number of amides is 1. The minimum atomic E-state index is -2.93. The summed E-state index contributed by atoms with van der Waals surface area (Å²) in [6, 6.07) is 0. The lowest BCUT2D eigenvalue weighted by Crippen LogP contribution is -2.31. The lowest BCUT2D eigenvalue weighted by atomic mass is 10.2. The van der Waals surface area contributed by atoms with Gasteiger partial charge in [-0.25, -0.2) is 8.42 Å². The van der Waals surface area contributed by atoms with E-state index in [1.54, 1.807) is 6.92 Å². The third-order valence-electron chi connectivity index (χ3n) is 1.67. The number of carbonyl (C=O) groups is 1. The van der Waals surface area contributed by atoms with Crippen LogP contribution < -0.4 is 5.32 Å². The number of halogens is 1. The first-order valence-electron chi connectivity index (χ1n) is 4.38. The van der Waals surface area contributed by atoms with Gasteiger partial charge >= 0.3 is 0 Å². The van der Waals surface area contributed by atoms with Crippen molar-refractivity contribution in [2.45, 2.75) is 13.3 Å². The summed E-state index contributed by atoms with van der Waals surface area (Å²) in [6.07, 6.45) is 1.62. The van der Waals surface area contributed by atoms with E-state index >= 15 is 0 Å². The van der Waals surface area contributed by atoms with Crippen molar-refractivity contribution >= 4 is 27.3 Å². The van der Waals surface area contributed by atoms with Gasteiger partial charge in [-0.1, -0.05) is 6.92 Å². The fraction of sp³-hybridized carbons (Fsp3) is 0.875. The molecule has 0 aliphatic heterocycles. The highest BCUT2D eigenvalue weighted by molar-refractivity contribution is 7.90. The van der Waals surface area contributed by atoms with Crippen LogP contribution in [0.15, 0.2) is 0 Å². The van der Waals surface area contributed by atoms with Gasteiger partial charge < -0.3 is 5.32 Å². The van der Waals surface area contributed by atoms with E-state index in [2.05, 4.69) is 5.32 Å². The molecule has 6 heteroatoms. The molecule has 0 saturated carbocycles. The molecule has 1 unspecified atom stereocenters. The average Bonchev–Trinajstić information content (AvgIpc) is 2.09. The van der Waals surface area contributed by atoms with Gasteiger partial charge in [0.05, 0.1) is 5.75 Å². The summed E-state index contributed by atoms with van der Waals surface area (Å²) in [6.45, 7) is 2.10. The monoisotopic (exact) mass is 241 g/mol. The highest BCUT2D eigenvalue weighted by atomic mass is 35.5. The van der Waals surface area contributed by atoms with Gasteiger partial charge in [-0.05, 0) is 6.42 Å². The maximum absolute atomic E-state index is 11.2. The molecule has 0 fully saturated rings. The van der Waals surface area contributed by atoms with E-state index in [1.165, 1.54) is 6.26 Å². The molecular formula is C8H16ClNO3S. The molecule has 0 aliphatic rings. The number of carbonyl (C=O) groups excluding carboxylic acids is 1. The quantitative estimate of drug-likeness (QED) is 0.541. The van der Waals surface area contributed by atoms with E-state index in [0.717, 1.165) is 0 Å². The predicted octanol–water partition coefficient (Wildman–Crippen LogP) is 0.412. The molecule has 4 nitrogen and oxygen atoms in total. The number of hydrogen-bond donors (Lipinski definition) is 1. The van der Waals surface area contributed by atoms with Crippen LogP contribution in [-0.4, -0.2) is 38.8 Å². The van der Waals surface area contributed by atoms with Gasteiger partial charge in [0.15, 0.2) is 0 Å². The van der Waals surface area contributed by atoms with Gasteiger partial charge in [-0.15, -0.1) is 11.6 Å². The van der Waals surface area contributed by atoms with Crippen molar-refractivity contribution in [3.05, 3.63) is 0 Å². The minimum Gasteiger partial charge on any atom is -0.356 e. The van der Waals surface area contributed by atoms with Crippen LogP contribution in [0.1, 0.15) is 13.3 Å². The van der Waals surface area contributed by atoms with Crippen molar-refractivity contribution < 1.29 is 13.2 Å². The zero-order chi connectivity index (χ0) is 11.2. The van der Waals surface area contributed by atoms with Crippen molar-refractivity contribution in [3.63, 3.8) is 0 Å². The average molecular weight is 242 g/mol. The minimum absolute atomic E-state index is 0.0997. The number of alkyl halides is 1. The lowest BCUT2D eigenvalue weighted by Gasteiger charge is -2.08. The van der Waals surface area contributed by atoms with E-state index in [-0.39, 0.29) is 23.5 Å². The van der Waals surface area contributed by atoms with Gasteiger partial charge in [0.25, 0.3) is 0 Å². The zero-order valence-electron chi connectivity index (χ0n) is 8.42. The normalized spacial score (nSPS) is 13.6. The smallest absolute Gasteiger partial charge is 0.224 e. The van der Waals surface area contributed by atoms with Gasteiger partial charge in [-0.2, -0.15) is 0 Å². The Bertz CT molecular complexity index is 276. The summed E-state index contributed by atoms with van der Waals surface area (Å²) in [4.78, 5) is 11.2. The van der Waals surface area contributed by atoms with Crippen LogP contribution in [0.5, 0.6) is 0 Å². The molecule has 0 aromatic carbocycles. The Kier molecular flexibility index (Phi) is 6.11. The second-order valence-electron chi connectivity index (χ2n) is 3.33. The molecule has 0 aromatic heterocycles. The molecule has 84 valence electrons. The molecule has 0 aromatic rings. The van der Waals surface area contributed by atoms with Crippen LogP contribution in [-0.2, 0) is 14.6 Å². The van der Waals surface area contributed by atoms with Crippen LogP contribution in [0.25, 0.3) is 0 Å². The van der Waals surface area contributed by atoms with E-state index in [9.17, 15) is 13.2 Å². The van der Waals surface area contributed by atoms with Crippen molar-refractivity contribution in [1.29, 1.82) is 0 Å². The summed E-state index contributed by atoms with van der Waals surface area (Å²) in [5.41, 5.74) is 0. The van der Waals surface area contributed by atoms with Gasteiger partial charge in [0, 0.05) is 24.6 Å². The first-order chi connectivity index (χ1) is 6.37. The first-order valence-corrected chi connectivity index (χ1v) is 6.97. The molecule has 1 atom stereocenters. The Hall–Kier alpha value is -0.290. The lowest BCUT2D eigenvalue weighted by molar-refractivity contribution is -0.123. The second kappa shape index (κ2) is 6.24. The Morgan fingerprint density at radius 3 is 2.50 bits per heavy atom. The highest BCUT2D eigenvalue weighted by Gasteiger charge is 2.10. The van der Waals surface area contributed by atoms with Crippen LogP contribution in [0.4, 0.5) is 0 Å². The van der Waals surface area contributed by atoms with E-state index in [0.29, 0.717) is 13.0 Å². The van der Waals surface area contributed by atoms with Crippen LogP contribution in [0.2, 0.25) is 0 Å². The standard InChI is InChI=1S/C8H16ClNO3S/c1-7(6-9)8(11)10-4-3-5-14(2,12)13/h7H,3-6H2,1-2H3,(H,10,11). The van der Waals surface area contributed by atoms with Crippen molar-refractivity contribution in [2.75, 3.05) is 24.4 Å². The third-order valence-corrected chi connectivity index (χ3v) is 3.16. The molecule has 1 N–H and O–H groups in total. The maximum atomic E-state index is 11.2. The fourth-order valence-electron chi connectivity index (χ4n) is 0.790.